The number of carboxylic acid groups (broad SMARTS) is 1. The zero-order valence-corrected chi connectivity index (χ0v) is 7.58. The number of carbonyl (C=O) groups is 1. The van der Waals surface area contributed by atoms with Crippen molar-refractivity contribution in [3.63, 3.8) is 0 Å². The van der Waals surface area contributed by atoms with E-state index in [1.54, 1.807) is 0 Å². The summed E-state index contributed by atoms with van der Waals surface area (Å²) in [6, 6.07) is 0. The van der Waals surface area contributed by atoms with Gasteiger partial charge in [-0.25, -0.2) is 0 Å². The maximum atomic E-state index is 10.6. The summed E-state index contributed by atoms with van der Waals surface area (Å²) in [5.74, 6) is -1.59. The lowest BCUT2D eigenvalue weighted by Gasteiger charge is -2.14. The highest BCUT2D eigenvalue weighted by Gasteiger charge is 2.40. The fourth-order valence-corrected chi connectivity index (χ4v) is 1.63. The fraction of sp³-hybridized carbons (Fsp3) is 0.857. The Bertz CT molecular complexity index is 242. The van der Waals surface area contributed by atoms with Crippen LogP contribution in [0.1, 0.15) is 12.8 Å². The first-order valence-corrected chi connectivity index (χ1v) is 4.11. The number of hydrogen-bond acceptors (Lipinski definition) is 5. The molecule has 1 rings (SSSR count). The van der Waals surface area contributed by atoms with Crippen molar-refractivity contribution in [1.82, 2.24) is 0 Å². The van der Waals surface area contributed by atoms with E-state index in [1.165, 1.54) is 7.11 Å². The van der Waals surface area contributed by atoms with Gasteiger partial charge in [-0.2, -0.15) is 0 Å². The van der Waals surface area contributed by atoms with Gasteiger partial charge in [0, 0.05) is 7.11 Å². The molecule has 0 amide bonds. The maximum Gasteiger partial charge on any atom is 0.306 e. The van der Waals surface area contributed by atoms with Crippen molar-refractivity contribution in [2.24, 2.45) is 5.92 Å². The largest absolute Gasteiger partial charge is 0.481 e. The van der Waals surface area contributed by atoms with Crippen LogP contribution < -0.4 is 0 Å². The van der Waals surface area contributed by atoms with Crippen molar-refractivity contribution < 1.29 is 24.6 Å². The predicted octanol–water partition coefficient (Wildman–Crippen LogP) is 0.0729. The summed E-state index contributed by atoms with van der Waals surface area (Å²) in [4.78, 5) is 25.0. The van der Waals surface area contributed by atoms with E-state index in [4.69, 9.17) is 9.84 Å². The summed E-state index contributed by atoms with van der Waals surface area (Å²) in [6.45, 7) is 0. The molecule has 80 valence electrons. The minimum atomic E-state index is -0.971. The number of carboxylic acids is 1. The SMILES string of the molecule is CO[C@H]1C[C@@H](C(=O)O)CC1O[N+](=O)[O-]. The molecule has 0 bridgehead atoms. The number of rotatable bonds is 4. The Kier molecular flexibility index (Phi) is 3.23. The summed E-state index contributed by atoms with van der Waals surface area (Å²) in [6.07, 6.45) is -0.906. The van der Waals surface area contributed by atoms with Gasteiger partial charge in [0.15, 0.2) is 0 Å². The molecule has 1 unspecified atom stereocenters. The van der Waals surface area contributed by atoms with E-state index in [9.17, 15) is 14.9 Å². The van der Waals surface area contributed by atoms with Crippen molar-refractivity contribution in [2.75, 3.05) is 7.11 Å². The van der Waals surface area contributed by atoms with E-state index >= 15 is 0 Å². The lowest BCUT2D eigenvalue weighted by atomic mass is 10.1. The van der Waals surface area contributed by atoms with Gasteiger partial charge in [-0.3, -0.25) is 4.79 Å². The lowest BCUT2D eigenvalue weighted by Crippen LogP contribution is -2.27. The second-order valence-corrected chi connectivity index (χ2v) is 3.15. The third-order valence-electron chi connectivity index (χ3n) is 2.32. The molecule has 14 heavy (non-hydrogen) atoms. The first kappa shape index (κ1) is 10.7. The summed E-state index contributed by atoms with van der Waals surface area (Å²) >= 11 is 0. The van der Waals surface area contributed by atoms with Gasteiger partial charge in [0.1, 0.15) is 6.10 Å². The van der Waals surface area contributed by atoms with Gasteiger partial charge in [-0.15, -0.1) is 10.1 Å². The Morgan fingerprint density at radius 3 is 2.50 bits per heavy atom. The molecule has 1 N–H and O–H groups in total. The average molecular weight is 205 g/mol. The second kappa shape index (κ2) is 4.23. The van der Waals surface area contributed by atoms with Crippen LogP contribution in [0.15, 0.2) is 0 Å². The minimum Gasteiger partial charge on any atom is -0.481 e. The molecule has 7 nitrogen and oxygen atoms in total. The summed E-state index contributed by atoms with van der Waals surface area (Å²) in [5, 5.41) is 17.9. The number of aliphatic carboxylic acids is 1. The molecule has 3 atom stereocenters. The Morgan fingerprint density at radius 2 is 2.07 bits per heavy atom. The van der Waals surface area contributed by atoms with E-state index in [-0.39, 0.29) is 12.8 Å². The van der Waals surface area contributed by atoms with Gasteiger partial charge in [0.2, 0.25) is 0 Å². The highest BCUT2D eigenvalue weighted by atomic mass is 17.0. The lowest BCUT2D eigenvalue weighted by molar-refractivity contribution is -0.770. The molecule has 0 radical (unpaired) electrons. The maximum absolute atomic E-state index is 10.6. The van der Waals surface area contributed by atoms with Crippen molar-refractivity contribution in [1.29, 1.82) is 0 Å². The Morgan fingerprint density at radius 1 is 1.50 bits per heavy atom. The van der Waals surface area contributed by atoms with E-state index in [0.29, 0.717) is 0 Å². The molecule has 0 heterocycles. The monoisotopic (exact) mass is 205 g/mol. The summed E-state index contributed by atoms with van der Waals surface area (Å²) < 4.78 is 4.91. The zero-order valence-electron chi connectivity index (χ0n) is 7.58. The molecular formula is C7H11NO6. The Hall–Kier alpha value is -1.37. The molecule has 1 aliphatic rings. The van der Waals surface area contributed by atoms with Crippen LogP contribution in [-0.2, 0) is 14.4 Å². The van der Waals surface area contributed by atoms with E-state index in [0.717, 1.165) is 0 Å². The number of methoxy groups -OCH3 is 1. The summed E-state index contributed by atoms with van der Waals surface area (Å²) in [5.41, 5.74) is 0. The van der Waals surface area contributed by atoms with Crippen LogP contribution in [0.3, 0.4) is 0 Å². The van der Waals surface area contributed by atoms with Gasteiger partial charge in [0.25, 0.3) is 5.09 Å². The number of ether oxygens (including phenoxy) is 1. The van der Waals surface area contributed by atoms with Crippen LogP contribution in [0, 0.1) is 16.0 Å². The molecule has 1 aliphatic carbocycles. The molecule has 0 aliphatic heterocycles. The van der Waals surface area contributed by atoms with Gasteiger partial charge < -0.3 is 14.7 Å². The topological polar surface area (TPSA) is 98.9 Å². The molecule has 1 saturated carbocycles. The fourth-order valence-electron chi connectivity index (χ4n) is 1.63. The van der Waals surface area contributed by atoms with Gasteiger partial charge in [-0.1, -0.05) is 0 Å². The first-order chi connectivity index (χ1) is 6.54. The molecule has 0 saturated heterocycles. The molecule has 1 fully saturated rings. The Labute approximate surface area is 79.7 Å². The molecule has 0 spiro atoms. The van der Waals surface area contributed by atoms with Crippen LogP contribution in [0.25, 0.3) is 0 Å². The van der Waals surface area contributed by atoms with Gasteiger partial charge >= 0.3 is 5.97 Å². The van der Waals surface area contributed by atoms with E-state index < -0.39 is 29.2 Å². The zero-order chi connectivity index (χ0) is 10.7. The van der Waals surface area contributed by atoms with Crippen molar-refractivity contribution >= 4 is 5.97 Å². The van der Waals surface area contributed by atoms with Crippen LogP contribution in [0.5, 0.6) is 0 Å². The Balaban J connectivity index is 2.57. The quantitative estimate of drug-likeness (QED) is 0.515. The minimum absolute atomic E-state index is 0.120. The van der Waals surface area contributed by atoms with Crippen molar-refractivity contribution in [2.45, 2.75) is 25.0 Å². The molecule has 0 aromatic carbocycles. The van der Waals surface area contributed by atoms with Crippen molar-refractivity contribution in [3.05, 3.63) is 10.1 Å². The molecule has 0 aromatic heterocycles. The van der Waals surface area contributed by atoms with Crippen LogP contribution >= 0.6 is 0 Å². The third kappa shape index (κ3) is 2.32. The standard InChI is InChI=1S/C7H11NO6/c1-13-5-2-4(7(9)10)3-6(5)14-8(11)12/h4-6H,2-3H2,1H3,(H,9,10)/t4-,5+,6?/m1/s1. The van der Waals surface area contributed by atoms with E-state index in [2.05, 4.69) is 4.84 Å². The highest BCUT2D eigenvalue weighted by Crippen LogP contribution is 2.30. The van der Waals surface area contributed by atoms with Crippen LogP contribution in [0.4, 0.5) is 0 Å². The van der Waals surface area contributed by atoms with Crippen LogP contribution in [0.2, 0.25) is 0 Å². The molecule has 0 aromatic rings. The predicted molar refractivity (Wildman–Crippen MR) is 43.0 cm³/mol. The third-order valence-corrected chi connectivity index (χ3v) is 2.32. The molecule has 7 heteroatoms. The normalized spacial score (nSPS) is 31.4. The first-order valence-electron chi connectivity index (χ1n) is 4.11. The summed E-state index contributed by atoms with van der Waals surface area (Å²) in [7, 11) is 1.38. The molecular weight excluding hydrogens is 194 g/mol. The van der Waals surface area contributed by atoms with E-state index in [1.807, 2.05) is 0 Å². The number of nitrogens with zero attached hydrogens (tertiary/aromatic N) is 1. The smallest absolute Gasteiger partial charge is 0.306 e. The van der Waals surface area contributed by atoms with Gasteiger partial charge in [0.05, 0.1) is 12.0 Å². The number of hydrogen-bond donors (Lipinski definition) is 1. The second-order valence-electron chi connectivity index (χ2n) is 3.15. The van der Waals surface area contributed by atoms with Gasteiger partial charge in [-0.05, 0) is 12.8 Å². The van der Waals surface area contributed by atoms with Crippen molar-refractivity contribution in [3.8, 4) is 0 Å². The highest BCUT2D eigenvalue weighted by molar-refractivity contribution is 5.70. The average Bonchev–Trinajstić information content (AvgIpc) is 2.46. The van der Waals surface area contributed by atoms with Crippen LogP contribution in [-0.4, -0.2) is 35.5 Å².